The minimum atomic E-state index is -0.239. The number of esters is 1. The van der Waals surface area contributed by atoms with E-state index in [0.717, 1.165) is 25.5 Å². The largest absolute Gasteiger partial charge is 0.469 e. The van der Waals surface area contributed by atoms with Gasteiger partial charge in [-0.15, -0.1) is 24.0 Å². The van der Waals surface area contributed by atoms with Gasteiger partial charge in [-0.05, 0) is 24.5 Å². The molecular weight excluding hydrogens is 405 g/mol. The van der Waals surface area contributed by atoms with Crippen molar-refractivity contribution in [2.45, 2.75) is 33.2 Å². The molecule has 0 aliphatic carbocycles. The van der Waals surface area contributed by atoms with Gasteiger partial charge in [0, 0.05) is 20.1 Å². The standard InChI is InChI=1S/C17H27N3O2.HI/c1-5-14-7-9-15(10-8-14)13-20(3)17(18-6-2)19-12-11-16(21)22-4;/h7-10H,5-6,11-13H2,1-4H3,(H,18,19);1H. The number of benzene rings is 1. The summed E-state index contributed by atoms with van der Waals surface area (Å²) in [5, 5.41) is 3.24. The summed E-state index contributed by atoms with van der Waals surface area (Å²) in [6.07, 6.45) is 1.35. The molecule has 0 fully saturated rings. The first kappa shape index (κ1) is 21.7. The van der Waals surface area contributed by atoms with Crippen LogP contribution >= 0.6 is 24.0 Å². The molecule has 6 heteroatoms. The van der Waals surface area contributed by atoms with Crippen molar-refractivity contribution < 1.29 is 9.53 Å². The van der Waals surface area contributed by atoms with E-state index < -0.39 is 0 Å². The van der Waals surface area contributed by atoms with E-state index in [1.165, 1.54) is 18.2 Å². The van der Waals surface area contributed by atoms with E-state index in [2.05, 4.69) is 51.1 Å². The molecule has 0 aromatic heterocycles. The average Bonchev–Trinajstić information content (AvgIpc) is 2.54. The number of halogens is 1. The molecule has 0 radical (unpaired) electrons. The van der Waals surface area contributed by atoms with Crippen molar-refractivity contribution in [3.63, 3.8) is 0 Å². The fourth-order valence-electron chi connectivity index (χ4n) is 2.05. The van der Waals surface area contributed by atoms with Gasteiger partial charge in [-0.3, -0.25) is 9.79 Å². The Labute approximate surface area is 156 Å². The van der Waals surface area contributed by atoms with Crippen molar-refractivity contribution in [3.8, 4) is 0 Å². The Bertz CT molecular complexity index is 489. The summed E-state index contributed by atoms with van der Waals surface area (Å²) in [4.78, 5) is 17.7. The smallest absolute Gasteiger partial charge is 0.307 e. The minimum Gasteiger partial charge on any atom is -0.469 e. The van der Waals surface area contributed by atoms with Crippen LogP contribution in [0.25, 0.3) is 0 Å². The minimum absolute atomic E-state index is 0. The maximum absolute atomic E-state index is 11.1. The number of aliphatic imine (C=N–C) groups is 1. The maximum Gasteiger partial charge on any atom is 0.307 e. The van der Waals surface area contributed by atoms with Crippen molar-refractivity contribution in [1.82, 2.24) is 10.2 Å². The summed E-state index contributed by atoms with van der Waals surface area (Å²) in [6.45, 7) is 6.16. The molecule has 23 heavy (non-hydrogen) atoms. The van der Waals surface area contributed by atoms with Gasteiger partial charge in [0.1, 0.15) is 0 Å². The highest BCUT2D eigenvalue weighted by Gasteiger charge is 2.07. The molecule has 0 atom stereocenters. The predicted octanol–water partition coefficient (Wildman–Crippen LogP) is 2.83. The van der Waals surface area contributed by atoms with Crippen LogP contribution in [0.2, 0.25) is 0 Å². The molecule has 0 bridgehead atoms. The zero-order chi connectivity index (χ0) is 16.4. The molecule has 0 unspecified atom stereocenters. The number of hydrogen-bond acceptors (Lipinski definition) is 3. The predicted molar refractivity (Wildman–Crippen MR) is 105 cm³/mol. The number of hydrogen-bond donors (Lipinski definition) is 1. The van der Waals surface area contributed by atoms with Crippen LogP contribution in [0, 0.1) is 0 Å². The Hall–Kier alpha value is -1.31. The van der Waals surface area contributed by atoms with Crippen LogP contribution in [-0.4, -0.2) is 44.1 Å². The monoisotopic (exact) mass is 433 g/mol. The lowest BCUT2D eigenvalue weighted by atomic mass is 10.1. The number of ether oxygens (including phenoxy) is 1. The zero-order valence-electron chi connectivity index (χ0n) is 14.5. The number of guanidine groups is 1. The highest BCUT2D eigenvalue weighted by atomic mass is 127. The van der Waals surface area contributed by atoms with Gasteiger partial charge in [0.25, 0.3) is 0 Å². The molecule has 0 aliphatic rings. The van der Waals surface area contributed by atoms with Gasteiger partial charge in [0.05, 0.1) is 20.1 Å². The van der Waals surface area contributed by atoms with Crippen LogP contribution in [0.15, 0.2) is 29.3 Å². The Morgan fingerprint density at radius 2 is 1.83 bits per heavy atom. The number of carbonyl (C=O) groups excluding carboxylic acids is 1. The molecular formula is C17H28IN3O2. The van der Waals surface area contributed by atoms with Crippen LogP contribution in [0.3, 0.4) is 0 Å². The van der Waals surface area contributed by atoms with Crippen LogP contribution in [0.1, 0.15) is 31.4 Å². The lowest BCUT2D eigenvalue weighted by Gasteiger charge is -2.22. The van der Waals surface area contributed by atoms with E-state index in [1.54, 1.807) is 0 Å². The van der Waals surface area contributed by atoms with Crippen LogP contribution in [-0.2, 0) is 22.5 Å². The van der Waals surface area contributed by atoms with E-state index in [1.807, 2.05) is 14.0 Å². The lowest BCUT2D eigenvalue weighted by Crippen LogP contribution is -2.38. The number of nitrogens with zero attached hydrogens (tertiary/aromatic N) is 2. The van der Waals surface area contributed by atoms with E-state index in [9.17, 15) is 4.79 Å². The highest BCUT2D eigenvalue weighted by Crippen LogP contribution is 2.07. The van der Waals surface area contributed by atoms with Gasteiger partial charge in [0.2, 0.25) is 0 Å². The fourth-order valence-corrected chi connectivity index (χ4v) is 2.05. The van der Waals surface area contributed by atoms with Gasteiger partial charge in [-0.1, -0.05) is 31.2 Å². The van der Waals surface area contributed by atoms with Crippen molar-refractivity contribution in [2.24, 2.45) is 4.99 Å². The second-order valence-electron chi connectivity index (χ2n) is 5.09. The molecule has 1 N–H and O–H groups in total. The maximum atomic E-state index is 11.1. The SMILES string of the molecule is CCNC(=NCCC(=O)OC)N(C)Cc1ccc(CC)cc1.I. The fraction of sp³-hybridized carbons (Fsp3) is 0.529. The second kappa shape index (κ2) is 12.2. The lowest BCUT2D eigenvalue weighted by molar-refractivity contribution is -0.140. The van der Waals surface area contributed by atoms with E-state index in [-0.39, 0.29) is 29.9 Å². The Morgan fingerprint density at radius 1 is 1.22 bits per heavy atom. The van der Waals surface area contributed by atoms with Gasteiger partial charge in [-0.25, -0.2) is 0 Å². The zero-order valence-corrected chi connectivity index (χ0v) is 16.8. The number of rotatable bonds is 7. The summed E-state index contributed by atoms with van der Waals surface area (Å²) in [7, 11) is 3.39. The summed E-state index contributed by atoms with van der Waals surface area (Å²) in [5.74, 6) is 0.559. The van der Waals surface area contributed by atoms with Gasteiger partial charge in [0.15, 0.2) is 5.96 Å². The van der Waals surface area contributed by atoms with Gasteiger partial charge in [-0.2, -0.15) is 0 Å². The first-order valence-corrected chi connectivity index (χ1v) is 7.74. The summed E-state index contributed by atoms with van der Waals surface area (Å²) >= 11 is 0. The third-order valence-electron chi connectivity index (χ3n) is 3.35. The Kier molecular flexibility index (Phi) is 11.5. The normalized spacial score (nSPS) is 10.7. The van der Waals surface area contributed by atoms with Crippen LogP contribution in [0.4, 0.5) is 0 Å². The van der Waals surface area contributed by atoms with E-state index in [0.29, 0.717) is 13.0 Å². The molecule has 0 saturated heterocycles. The molecule has 0 spiro atoms. The molecule has 5 nitrogen and oxygen atoms in total. The van der Waals surface area contributed by atoms with Crippen molar-refractivity contribution in [2.75, 3.05) is 27.2 Å². The average molecular weight is 433 g/mol. The molecule has 0 aliphatic heterocycles. The second-order valence-corrected chi connectivity index (χ2v) is 5.09. The quantitative estimate of drug-likeness (QED) is 0.311. The topological polar surface area (TPSA) is 53.9 Å². The molecule has 130 valence electrons. The van der Waals surface area contributed by atoms with Crippen molar-refractivity contribution >= 4 is 35.9 Å². The van der Waals surface area contributed by atoms with Crippen molar-refractivity contribution in [1.29, 1.82) is 0 Å². The molecule has 0 amide bonds. The highest BCUT2D eigenvalue weighted by molar-refractivity contribution is 14.0. The summed E-state index contributed by atoms with van der Waals surface area (Å²) < 4.78 is 4.63. The number of aryl methyl sites for hydroxylation is 1. The van der Waals surface area contributed by atoms with E-state index >= 15 is 0 Å². The van der Waals surface area contributed by atoms with Crippen LogP contribution in [0.5, 0.6) is 0 Å². The third-order valence-corrected chi connectivity index (χ3v) is 3.35. The number of methoxy groups -OCH3 is 1. The molecule has 1 aromatic carbocycles. The Balaban J connectivity index is 0.00000484. The first-order valence-electron chi connectivity index (χ1n) is 7.74. The van der Waals surface area contributed by atoms with E-state index in [4.69, 9.17) is 0 Å². The molecule has 1 rings (SSSR count). The van der Waals surface area contributed by atoms with Gasteiger partial charge < -0.3 is 15.0 Å². The number of nitrogens with one attached hydrogen (secondary N) is 1. The molecule has 0 saturated carbocycles. The molecule has 0 heterocycles. The Morgan fingerprint density at radius 3 is 2.35 bits per heavy atom. The third kappa shape index (κ3) is 8.20. The van der Waals surface area contributed by atoms with Crippen LogP contribution < -0.4 is 5.32 Å². The van der Waals surface area contributed by atoms with Crippen molar-refractivity contribution in [3.05, 3.63) is 35.4 Å². The summed E-state index contributed by atoms with van der Waals surface area (Å²) in [6, 6.07) is 8.61. The first-order chi connectivity index (χ1) is 10.6. The molecule has 1 aromatic rings. The van der Waals surface area contributed by atoms with Gasteiger partial charge >= 0.3 is 5.97 Å². The number of carbonyl (C=O) groups is 1. The summed E-state index contributed by atoms with van der Waals surface area (Å²) in [5.41, 5.74) is 2.57.